The van der Waals surface area contributed by atoms with E-state index in [0.29, 0.717) is 22.7 Å². The van der Waals surface area contributed by atoms with Crippen LogP contribution in [0.25, 0.3) is 6.08 Å². The Morgan fingerprint density at radius 1 is 0.897 bits per heavy atom. The molecule has 1 aliphatic rings. The quantitative estimate of drug-likeness (QED) is 0.543. The maximum Gasteiger partial charge on any atom is 0.335 e. The summed E-state index contributed by atoms with van der Waals surface area (Å²) in [5.41, 5.74) is 0.514. The first kappa shape index (κ1) is 20.4. The van der Waals surface area contributed by atoms with Crippen LogP contribution in [0.4, 0.5) is 10.5 Å². The maximum absolute atomic E-state index is 13.0. The van der Waals surface area contributed by atoms with Gasteiger partial charge in [0.05, 0.1) is 27.0 Å². The molecule has 0 atom stereocenters. The van der Waals surface area contributed by atoms with Crippen LogP contribution in [0.3, 0.4) is 0 Å². The lowest BCUT2D eigenvalue weighted by molar-refractivity contribution is -0.122. The van der Waals surface area contributed by atoms with Crippen LogP contribution in [0.15, 0.2) is 46.4 Å². The van der Waals surface area contributed by atoms with E-state index in [4.69, 9.17) is 14.2 Å². The van der Waals surface area contributed by atoms with Crippen LogP contribution in [0.2, 0.25) is 0 Å². The number of halogens is 1. The van der Waals surface area contributed by atoms with E-state index in [2.05, 4.69) is 21.2 Å². The fourth-order valence-electron chi connectivity index (χ4n) is 2.88. The summed E-state index contributed by atoms with van der Waals surface area (Å²) in [7, 11) is 4.36. The lowest BCUT2D eigenvalue weighted by Gasteiger charge is -2.26. The second-order valence-corrected chi connectivity index (χ2v) is 6.77. The van der Waals surface area contributed by atoms with E-state index in [-0.39, 0.29) is 11.3 Å². The lowest BCUT2D eigenvalue weighted by Crippen LogP contribution is -2.54. The van der Waals surface area contributed by atoms with Crippen LogP contribution >= 0.6 is 15.9 Å². The van der Waals surface area contributed by atoms with Gasteiger partial charge in [-0.15, -0.1) is 0 Å². The molecule has 1 heterocycles. The van der Waals surface area contributed by atoms with Crippen molar-refractivity contribution in [3.8, 4) is 17.2 Å². The maximum atomic E-state index is 13.0. The molecule has 8 nitrogen and oxygen atoms in total. The predicted octanol–water partition coefficient (Wildman–Crippen LogP) is 3.14. The van der Waals surface area contributed by atoms with Gasteiger partial charge in [0.15, 0.2) is 11.5 Å². The first-order chi connectivity index (χ1) is 13.9. The fraction of sp³-hybridized carbons (Fsp3) is 0.150. The molecule has 1 saturated heterocycles. The van der Waals surface area contributed by atoms with Gasteiger partial charge in [0.2, 0.25) is 5.75 Å². The lowest BCUT2D eigenvalue weighted by atomic mass is 10.1. The number of hydrogen-bond donors (Lipinski definition) is 1. The summed E-state index contributed by atoms with van der Waals surface area (Å²) in [4.78, 5) is 38.5. The van der Waals surface area contributed by atoms with Crippen molar-refractivity contribution in [2.75, 3.05) is 26.2 Å². The molecular weight excluding hydrogens is 444 g/mol. The topological polar surface area (TPSA) is 94.2 Å². The smallest absolute Gasteiger partial charge is 0.335 e. The van der Waals surface area contributed by atoms with Crippen molar-refractivity contribution in [2.24, 2.45) is 0 Å². The third-order valence-corrected chi connectivity index (χ3v) is 4.75. The Kier molecular flexibility index (Phi) is 5.88. The van der Waals surface area contributed by atoms with Gasteiger partial charge in [-0.25, -0.2) is 9.69 Å². The van der Waals surface area contributed by atoms with Gasteiger partial charge in [0.1, 0.15) is 5.57 Å². The van der Waals surface area contributed by atoms with Gasteiger partial charge >= 0.3 is 6.03 Å². The molecule has 1 fully saturated rings. The molecule has 0 aromatic heterocycles. The number of hydrogen-bond acceptors (Lipinski definition) is 6. The molecule has 1 aliphatic heterocycles. The highest BCUT2D eigenvalue weighted by Gasteiger charge is 2.37. The van der Waals surface area contributed by atoms with E-state index in [9.17, 15) is 14.4 Å². The third-order valence-electron chi connectivity index (χ3n) is 4.22. The fourth-order valence-corrected chi connectivity index (χ4v) is 3.14. The largest absolute Gasteiger partial charge is 0.493 e. The number of carbonyl (C=O) groups excluding carboxylic acids is 3. The summed E-state index contributed by atoms with van der Waals surface area (Å²) >= 11 is 3.30. The molecule has 2 aromatic carbocycles. The van der Waals surface area contributed by atoms with Gasteiger partial charge in [0.25, 0.3) is 11.8 Å². The van der Waals surface area contributed by atoms with Crippen LogP contribution in [0.1, 0.15) is 5.56 Å². The van der Waals surface area contributed by atoms with E-state index in [1.54, 1.807) is 36.4 Å². The number of nitrogens with one attached hydrogen (secondary N) is 1. The number of carbonyl (C=O) groups is 3. The van der Waals surface area contributed by atoms with Crippen LogP contribution in [-0.4, -0.2) is 39.2 Å². The third kappa shape index (κ3) is 3.81. The predicted molar refractivity (Wildman–Crippen MR) is 109 cm³/mol. The molecule has 0 aliphatic carbocycles. The Morgan fingerprint density at radius 3 is 2.14 bits per heavy atom. The Labute approximate surface area is 175 Å². The van der Waals surface area contributed by atoms with Crippen LogP contribution in [-0.2, 0) is 9.59 Å². The summed E-state index contributed by atoms with van der Waals surface area (Å²) in [6.07, 6.45) is 1.34. The molecule has 29 heavy (non-hydrogen) atoms. The summed E-state index contributed by atoms with van der Waals surface area (Å²) in [6, 6.07) is 8.97. The zero-order valence-corrected chi connectivity index (χ0v) is 17.4. The Balaban J connectivity index is 2.08. The normalized spacial score (nSPS) is 15.4. The number of rotatable bonds is 5. The molecule has 3 rings (SSSR count). The van der Waals surface area contributed by atoms with Crippen LogP contribution < -0.4 is 24.4 Å². The van der Waals surface area contributed by atoms with Crippen molar-refractivity contribution < 1.29 is 28.6 Å². The highest BCUT2D eigenvalue weighted by Crippen LogP contribution is 2.40. The number of benzene rings is 2. The summed E-state index contributed by atoms with van der Waals surface area (Å²) in [6.45, 7) is 0. The number of nitrogens with zero attached hydrogens (tertiary/aromatic N) is 1. The molecular formula is C20H17BrN2O6. The molecule has 0 spiro atoms. The van der Waals surface area contributed by atoms with E-state index < -0.39 is 17.8 Å². The SMILES string of the molecule is COc1ccc(/C=C2/C(=O)NC(=O)N(c3ccc(Br)cc3)C2=O)c(OC)c1OC. The molecule has 0 unspecified atom stereocenters. The first-order valence-corrected chi connectivity index (χ1v) is 9.16. The Bertz CT molecular complexity index is 1020. The highest BCUT2D eigenvalue weighted by atomic mass is 79.9. The minimum Gasteiger partial charge on any atom is -0.493 e. The van der Waals surface area contributed by atoms with Crippen molar-refractivity contribution in [3.63, 3.8) is 0 Å². The average molecular weight is 461 g/mol. The standard InChI is InChI=1S/C20H17BrN2O6/c1-27-15-9-4-11(16(28-2)17(15)29-3)10-14-18(24)22-20(26)23(19(14)25)13-7-5-12(21)6-8-13/h4-10H,1-3H3,(H,22,24,26)/b14-10-. The number of imide groups is 2. The molecule has 150 valence electrons. The molecule has 0 saturated carbocycles. The van der Waals surface area contributed by atoms with Crippen LogP contribution in [0, 0.1) is 0 Å². The van der Waals surface area contributed by atoms with Crippen molar-refractivity contribution >= 4 is 45.5 Å². The molecule has 0 bridgehead atoms. The second-order valence-electron chi connectivity index (χ2n) is 5.86. The number of urea groups is 1. The monoisotopic (exact) mass is 460 g/mol. The van der Waals surface area contributed by atoms with Gasteiger partial charge in [-0.2, -0.15) is 0 Å². The average Bonchev–Trinajstić information content (AvgIpc) is 2.71. The van der Waals surface area contributed by atoms with E-state index in [1.165, 1.54) is 27.4 Å². The van der Waals surface area contributed by atoms with Crippen molar-refractivity contribution in [2.45, 2.75) is 0 Å². The molecule has 4 amide bonds. The van der Waals surface area contributed by atoms with Crippen LogP contribution in [0.5, 0.6) is 17.2 Å². The zero-order valence-electron chi connectivity index (χ0n) is 15.8. The number of amides is 4. The molecule has 1 N–H and O–H groups in total. The molecule has 0 radical (unpaired) electrons. The first-order valence-electron chi connectivity index (χ1n) is 8.37. The van der Waals surface area contributed by atoms with Gasteiger partial charge < -0.3 is 14.2 Å². The van der Waals surface area contributed by atoms with Crippen molar-refractivity contribution in [1.29, 1.82) is 0 Å². The van der Waals surface area contributed by atoms with Crippen molar-refractivity contribution in [1.82, 2.24) is 5.32 Å². The van der Waals surface area contributed by atoms with Gasteiger partial charge in [0, 0.05) is 10.0 Å². The Morgan fingerprint density at radius 2 is 1.55 bits per heavy atom. The summed E-state index contributed by atoms with van der Waals surface area (Å²) in [5.74, 6) is -0.526. The van der Waals surface area contributed by atoms with Crippen molar-refractivity contribution in [3.05, 3.63) is 52.0 Å². The van der Waals surface area contributed by atoms with Gasteiger partial charge in [-0.05, 0) is 42.5 Å². The second kappa shape index (κ2) is 8.36. The number of methoxy groups -OCH3 is 3. The van der Waals surface area contributed by atoms with E-state index >= 15 is 0 Å². The van der Waals surface area contributed by atoms with E-state index in [0.717, 1.165) is 9.37 Å². The molecule has 2 aromatic rings. The zero-order chi connectivity index (χ0) is 21.1. The minimum absolute atomic E-state index is 0.224. The number of ether oxygens (including phenoxy) is 3. The minimum atomic E-state index is -0.821. The number of anilines is 1. The Hall–Kier alpha value is -3.33. The molecule has 9 heteroatoms. The van der Waals surface area contributed by atoms with E-state index in [1.807, 2.05) is 0 Å². The number of barbiturate groups is 1. The summed E-state index contributed by atoms with van der Waals surface area (Å²) in [5, 5.41) is 2.18. The summed E-state index contributed by atoms with van der Waals surface area (Å²) < 4.78 is 16.7. The van der Waals surface area contributed by atoms with Gasteiger partial charge in [-0.3, -0.25) is 14.9 Å². The van der Waals surface area contributed by atoms with Gasteiger partial charge in [-0.1, -0.05) is 15.9 Å². The highest BCUT2D eigenvalue weighted by molar-refractivity contribution is 9.10.